The van der Waals surface area contributed by atoms with Crippen LogP contribution < -0.4 is 5.32 Å². The van der Waals surface area contributed by atoms with Crippen molar-refractivity contribution in [1.29, 1.82) is 0 Å². The van der Waals surface area contributed by atoms with E-state index in [2.05, 4.69) is 5.32 Å². The van der Waals surface area contributed by atoms with Gasteiger partial charge in [-0.15, -0.1) is 11.8 Å². The Morgan fingerprint density at radius 1 is 1.20 bits per heavy atom. The van der Waals surface area contributed by atoms with Crippen LogP contribution in [0.2, 0.25) is 0 Å². The van der Waals surface area contributed by atoms with Crippen LogP contribution >= 0.6 is 11.8 Å². The maximum absolute atomic E-state index is 13.1. The molecular weight excluding hydrogens is 287 g/mol. The molecule has 0 spiro atoms. The maximum atomic E-state index is 13.1. The van der Waals surface area contributed by atoms with Crippen molar-refractivity contribution in [1.82, 2.24) is 5.32 Å². The van der Waals surface area contributed by atoms with Crippen molar-refractivity contribution in [2.45, 2.75) is 43.9 Å². The molecule has 0 aromatic heterocycles. The van der Waals surface area contributed by atoms with E-state index < -0.39 is 11.7 Å². The Morgan fingerprint density at radius 3 is 2.35 bits per heavy atom. The van der Waals surface area contributed by atoms with Crippen LogP contribution in [0.3, 0.4) is 0 Å². The molecule has 0 heterocycles. The number of aliphatic hydroxyl groups is 1. The summed E-state index contributed by atoms with van der Waals surface area (Å²) in [6, 6.07) is 4.32. The number of rotatable bonds is 5. The number of hydrogen-bond acceptors (Lipinski definition) is 3. The Labute approximate surface area is 121 Å². The van der Waals surface area contributed by atoms with Gasteiger partial charge in [0.25, 0.3) is 0 Å². The molecule has 114 valence electrons. The summed E-state index contributed by atoms with van der Waals surface area (Å²) < 4.78 is 39.3. The van der Waals surface area contributed by atoms with Crippen LogP contribution in [0.1, 0.15) is 31.9 Å². The van der Waals surface area contributed by atoms with E-state index in [0.717, 1.165) is 6.07 Å². The molecule has 0 aliphatic heterocycles. The van der Waals surface area contributed by atoms with Crippen LogP contribution in [0.5, 0.6) is 0 Å². The molecule has 0 aliphatic carbocycles. The fourth-order valence-electron chi connectivity index (χ4n) is 1.59. The molecule has 2 N–H and O–H groups in total. The number of alkyl halides is 3. The van der Waals surface area contributed by atoms with Crippen LogP contribution in [0.4, 0.5) is 13.2 Å². The Balaban J connectivity index is 2.98. The van der Waals surface area contributed by atoms with Gasteiger partial charge < -0.3 is 10.4 Å². The highest BCUT2D eigenvalue weighted by atomic mass is 32.2. The molecule has 1 aromatic rings. The summed E-state index contributed by atoms with van der Waals surface area (Å²) in [7, 11) is 0. The van der Waals surface area contributed by atoms with Crippen molar-refractivity contribution < 1.29 is 18.3 Å². The number of nitrogens with one attached hydrogen (secondary N) is 1. The zero-order valence-electron chi connectivity index (χ0n) is 11.8. The summed E-state index contributed by atoms with van der Waals surface area (Å²) >= 11 is 1.21. The number of benzene rings is 1. The Kier molecular flexibility index (Phi) is 5.91. The fourth-order valence-corrected chi connectivity index (χ4v) is 2.28. The lowest BCUT2D eigenvalue weighted by Gasteiger charge is -2.22. The fraction of sp³-hybridized carbons (Fsp3) is 0.571. The zero-order valence-corrected chi connectivity index (χ0v) is 12.7. The maximum Gasteiger partial charge on any atom is 0.416 e. The molecule has 1 aromatic carbocycles. The van der Waals surface area contributed by atoms with E-state index in [0.29, 0.717) is 10.6 Å². The Bertz CT molecular complexity index is 441. The van der Waals surface area contributed by atoms with Crippen molar-refractivity contribution in [3.8, 4) is 0 Å². The first-order valence-electron chi connectivity index (χ1n) is 6.32. The van der Waals surface area contributed by atoms with Gasteiger partial charge in [-0.05, 0) is 38.5 Å². The van der Waals surface area contributed by atoms with Gasteiger partial charge in [0.2, 0.25) is 0 Å². The molecular formula is C14H20F3NOS. The average molecular weight is 307 g/mol. The monoisotopic (exact) mass is 307 g/mol. The molecule has 0 saturated carbocycles. The molecule has 6 heteroatoms. The van der Waals surface area contributed by atoms with Crippen LogP contribution in [0.25, 0.3) is 0 Å². The van der Waals surface area contributed by atoms with Gasteiger partial charge in [0.05, 0.1) is 12.2 Å². The summed E-state index contributed by atoms with van der Waals surface area (Å²) in [4.78, 5) is 0.519. The highest BCUT2D eigenvalue weighted by Crippen LogP contribution is 2.35. The predicted molar refractivity (Wildman–Crippen MR) is 75.8 cm³/mol. The summed E-state index contributed by atoms with van der Waals surface area (Å²) in [5.74, 6) is 0.386. The second kappa shape index (κ2) is 6.83. The third-order valence-corrected chi connectivity index (χ3v) is 3.53. The highest BCUT2D eigenvalue weighted by Gasteiger charge is 2.33. The SMILES string of the molecule is CC(C)(C)NCc1ccc(SCCO)cc1C(F)(F)F. The van der Waals surface area contributed by atoms with Gasteiger partial charge in [0, 0.05) is 22.7 Å². The second-order valence-electron chi connectivity index (χ2n) is 5.49. The van der Waals surface area contributed by atoms with Crippen molar-refractivity contribution in [2.75, 3.05) is 12.4 Å². The highest BCUT2D eigenvalue weighted by molar-refractivity contribution is 7.99. The number of aliphatic hydroxyl groups excluding tert-OH is 1. The van der Waals surface area contributed by atoms with Crippen LogP contribution in [-0.2, 0) is 12.7 Å². The largest absolute Gasteiger partial charge is 0.416 e. The minimum atomic E-state index is -4.37. The molecule has 0 bridgehead atoms. The van der Waals surface area contributed by atoms with Crippen molar-refractivity contribution in [3.05, 3.63) is 29.3 Å². The summed E-state index contributed by atoms with van der Waals surface area (Å²) in [5, 5.41) is 11.8. The molecule has 0 aliphatic rings. The molecule has 0 atom stereocenters. The lowest BCUT2D eigenvalue weighted by molar-refractivity contribution is -0.138. The van der Waals surface area contributed by atoms with E-state index in [-0.39, 0.29) is 24.3 Å². The summed E-state index contributed by atoms with van der Waals surface area (Å²) in [6.45, 7) is 5.84. The number of halogens is 3. The molecule has 2 nitrogen and oxygen atoms in total. The third kappa shape index (κ3) is 5.73. The zero-order chi connectivity index (χ0) is 15.4. The molecule has 0 saturated heterocycles. The van der Waals surface area contributed by atoms with E-state index in [9.17, 15) is 13.2 Å². The van der Waals surface area contributed by atoms with Gasteiger partial charge in [-0.1, -0.05) is 6.07 Å². The Morgan fingerprint density at radius 2 is 1.85 bits per heavy atom. The third-order valence-electron chi connectivity index (χ3n) is 2.56. The standard InChI is InChI=1S/C14H20F3NOS/c1-13(2,3)18-9-10-4-5-11(20-7-6-19)8-12(10)14(15,16)17/h4-5,8,18-19H,6-7,9H2,1-3H3. The summed E-state index contributed by atoms with van der Waals surface area (Å²) in [5.41, 5.74) is -0.620. The summed E-state index contributed by atoms with van der Waals surface area (Å²) in [6.07, 6.45) is -4.37. The number of thioether (sulfide) groups is 1. The molecule has 1 rings (SSSR count). The van der Waals surface area contributed by atoms with Crippen LogP contribution in [0, 0.1) is 0 Å². The van der Waals surface area contributed by atoms with E-state index in [1.165, 1.54) is 17.8 Å². The van der Waals surface area contributed by atoms with Gasteiger partial charge >= 0.3 is 6.18 Å². The first-order chi connectivity index (χ1) is 9.13. The topological polar surface area (TPSA) is 32.3 Å². The van der Waals surface area contributed by atoms with Crippen LogP contribution in [0.15, 0.2) is 23.1 Å². The molecule has 0 unspecified atom stereocenters. The van der Waals surface area contributed by atoms with Crippen LogP contribution in [-0.4, -0.2) is 23.0 Å². The number of hydrogen-bond donors (Lipinski definition) is 2. The Hall–Kier alpha value is -0.720. The van der Waals surface area contributed by atoms with Gasteiger partial charge in [-0.3, -0.25) is 0 Å². The van der Waals surface area contributed by atoms with E-state index in [4.69, 9.17) is 5.11 Å². The minimum Gasteiger partial charge on any atom is -0.396 e. The molecule has 0 fully saturated rings. The van der Waals surface area contributed by atoms with Crippen molar-refractivity contribution in [3.63, 3.8) is 0 Å². The van der Waals surface area contributed by atoms with Gasteiger partial charge in [-0.25, -0.2) is 0 Å². The predicted octanol–water partition coefficient (Wildman–Crippen LogP) is 3.68. The normalized spacial score (nSPS) is 12.8. The van der Waals surface area contributed by atoms with Crippen molar-refractivity contribution >= 4 is 11.8 Å². The molecule has 0 radical (unpaired) electrons. The van der Waals surface area contributed by atoms with E-state index >= 15 is 0 Å². The second-order valence-corrected chi connectivity index (χ2v) is 6.66. The minimum absolute atomic E-state index is 0.0562. The smallest absolute Gasteiger partial charge is 0.396 e. The quantitative estimate of drug-likeness (QED) is 0.814. The van der Waals surface area contributed by atoms with Gasteiger partial charge in [-0.2, -0.15) is 13.2 Å². The first-order valence-corrected chi connectivity index (χ1v) is 7.31. The molecule has 20 heavy (non-hydrogen) atoms. The van der Waals surface area contributed by atoms with E-state index in [1.54, 1.807) is 6.07 Å². The van der Waals surface area contributed by atoms with Gasteiger partial charge in [0.15, 0.2) is 0 Å². The first kappa shape index (κ1) is 17.3. The van der Waals surface area contributed by atoms with Crippen molar-refractivity contribution in [2.24, 2.45) is 0 Å². The average Bonchev–Trinajstić information content (AvgIpc) is 2.32. The lowest BCUT2D eigenvalue weighted by atomic mass is 10.0. The van der Waals surface area contributed by atoms with E-state index in [1.807, 2.05) is 20.8 Å². The van der Waals surface area contributed by atoms with Gasteiger partial charge in [0.1, 0.15) is 0 Å². The molecule has 0 amide bonds. The lowest BCUT2D eigenvalue weighted by Crippen LogP contribution is -2.35.